The summed E-state index contributed by atoms with van der Waals surface area (Å²) in [7, 11) is 0. The van der Waals surface area contributed by atoms with Gasteiger partial charge in [0, 0.05) is 6.42 Å². The second kappa shape index (κ2) is 7.32. The maximum absolute atomic E-state index is 10.1. The highest BCUT2D eigenvalue weighted by Crippen LogP contribution is 2.04. The van der Waals surface area contributed by atoms with Gasteiger partial charge in [0.25, 0.3) is 0 Å². The lowest BCUT2D eigenvalue weighted by Crippen LogP contribution is -1.93. The van der Waals surface area contributed by atoms with Crippen LogP contribution < -0.4 is 0 Å². The number of rotatable bonds is 7. The summed E-state index contributed by atoms with van der Waals surface area (Å²) in [5.74, 6) is -0.686. The molecule has 0 amide bonds. The van der Waals surface area contributed by atoms with Crippen molar-refractivity contribution in [2.24, 2.45) is 0 Å². The van der Waals surface area contributed by atoms with E-state index in [4.69, 9.17) is 5.11 Å². The molecule has 0 unspecified atom stereocenters. The average molecular weight is 157 g/mol. The third-order valence-electron chi connectivity index (χ3n) is 1.55. The summed E-state index contributed by atoms with van der Waals surface area (Å²) < 4.78 is 0. The van der Waals surface area contributed by atoms with Gasteiger partial charge in [0.05, 0.1) is 0 Å². The predicted molar refractivity (Wildman–Crippen MR) is 45.5 cm³/mol. The van der Waals surface area contributed by atoms with Gasteiger partial charge in [-0.25, -0.2) is 0 Å². The molecule has 0 saturated carbocycles. The van der Waals surface area contributed by atoms with Gasteiger partial charge in [0.1, 0.15) is 0 Å². The summed E-state index contributed by atoms with van der Waals surface area (Å²) in [6.07, 6.45) is 7.37. The molecule has 0 saturated heterocycles. The monoisotopic (exact) mass is 157 g/mol. The molecule has 0 fully saturated rings. The van der Waals surface area contributed by atoms with Crippen molar-refractivity contribution in [1.29, 1.82) is 0 Å². The molecule has 0 aliphatic carbocycles. The quantitative estimate of drug-likeness (QED) is 0.350. The summed E-state index contributed by atoms with van der Waals surface area (Å²) in [5.41, 5.74) is 0. The number of hydrogen-bond donors (Lipinski definition) is 1. The third kappa shape index (κ3) is 9.21. The van der Waals surface area contributed by atoms with Gasteiger partial charge in [-0.2, -0.15) is 0 Å². The number of allylic oxidation sites excluding steroid dienone is 1. The molecule has 0 rings (SSSR count). The Labute approximate surface area is 67.9 Å². The van der Waals surface area contributed by atoms with Gasteiger partial charge >= 0.3 is 5.97 Å². The molecule has 64 valence electrons. The number of carboxylic acids is 1. The minimum absolute atomic E-state index is 0.314. The normalized spacial score (nSPS) is 9.45. The molecule has 0 aromatic rings. The SMILES string of the molecule is C=CC[13CH2]CCCCC(=O)O. The van der Waals surface area contributed by atoms with Crippen molar-refractivity contribution in [2.75, 3.05) is 0 Å². The van der Waals surface area contributed by atoms with Crippen LogP contribution in [-0.2, 0) is 4.79 Å². The molecule has 1 N–H and O–H groups in total. The van der Waals surface area contributed by atoms with Gasteiger partial charge in [-0.3, -0.25) is 4.79 Å². The van der Waals surface area contributed by atoms with Crippen LogP contribution in [0.2, 0.25) is 0 Å². The fourth-order valence-electron chi connectivity index (χ4n) is 0.918. The number of aliphatic carboxylic acids is 1. The van der Waals surface area contributed by atoms with Crippen LogP contribution >= 0.6 is 0 Å². The molecule has 0 heterocycles. The first-order valence-corrected chi connectivity index (χ1v) is 4.10. The zero-order valence-electron chi connectivity index (χ0n) is 6.88. The van der Waals surface area contributed by atoms with E-state index in [0.717, 1.165) is 32.1 Å². The van der Waals surface area contributed by atoms with Crippen LogP contribution in [0.3, 0.4) is 0 Å². The molecule has 0 radical (unpaired) electrons. The van der Waals surface area contributed by atoms with Crippen molar-refractivity contribution >= 4 is 5.97 Å². The minimum atomic E-state index is -0.686. The first-order chi connectivity index (χ1) is 5.27. The third-order valence-corrected chi connectivity index (χ3v) is 1.55. The summed E-state index contributed by atoms with van der Waals surface area (Å²) in [4.78, 5) is 10.1. The summed E-state index contributed by atoms with van der Waals surface area (Å²) >= 11 is 0. The second-order valence-electron chi connectivity index (χ2n) is 2.64. The fourth-order valence-corrected chi connectivity index (χ4v) is 0.918. The van der Waals surface area contributed by atoms with Crippen LogP contribution in [-0.4, -0.2) is 11.1 Å². The van der Waals surface area contributed by atoms with E-state index in [1.54, 1.807) is 0 Å². The Bertz CT molecular complexity index is 119. The Kier molecular flexibility index (Phi) is 6.79. The molecule has 0 aliphatic rings. The fraction of sp³-hybridized carbons (Fsp3) is 0.667. The van der Waals surface area contributed by atoms with E-state index in [-0.39, 0.29) is 0 Å². The minimum Gasteiger partial charge on any atom is -0.481 e. The van der Waals surface area contributed by atoms with Gasteiger partial charge in [-0.05, 0) is 19.3 Å². The largest absolute Gasteiger partial charge is 0.481 e. The Hall–Kier alpha value is -0.790. The van der Waals surface area contributed by atoms with Crippen molar-refractivity contribution in [2.45, 2.75) is 38.5 Å². The van der Waals surface area contributed by atoms with Crippen LogP contribution in [0.4, 0.5) is 0 Å². The molecule has 0 spiro atoms. The molecule has 2 nitrogen and oxygen atoms in total. The van der Waals surface area contributed by atoms with E-state index in [0.29, 0.717) is 6.42 Å². The number of unbranched alkanes of at least 4 members (excludes halogenated alkanes) is 4. The van der Waals surface area contributed by atoms with E-state index < -0.39 is 5.97 Å². The molecule has 0 atom stereocenters. The first kappa shape index (κ1) is 10.2. The summed E-state index contributed by atoms with van der Waals surface area (Å²) in [6.45, 7) is 3.61. The summed E-state index contributed by atoms with van der Waals surface area (Å²) in [6, 6.07) is 0. The molecular formula is C9H16O2. The highest BCUT2D eigenvalue weighted by atomic mass is 16.4. The lowest BCUT2D eigenvalue weighted by Gasteiger charge is -1.95. The zero-order valence-corrected chi connectivity index (χ0v) is 6.88. The summed E-state index contributed by atoms with van der Waals surface area (Å²) in [5, 5.41) is 8.30. The van der Waals surface area contributed by atoms with Crippen LogP contribution in [0.5, 0.6) is 0 Å². The van der Waals surface area contributed by atoms with Crippen LogP contribution in [0.15, 0.2) is 12.7 Å². The Morgan fingerprint density at radius 3 is 2.45 bits per heavy atom. The zero-order chi connectivity index (χ0) is 8.53. The second-order valence-corrected chi connectivity index (χ2v) is 2.64. The molecule has 0 bridgehead atoms. The topological polar surface area (TPSA) is 37.3 Å². The van der Waals surface area contributed by atoms with Crippen LogP contribution in [0, 0.1) is 0 Å². The van der Waals surface area contributed by atoms with E-state index in [1.165, 1.54) is 0 Å². The van der Waals surface area contributed by atoms with Gasteiger partial charge < -0.3 is 5.11 Å². The number of carbonyl (C=O) groups is 1. The number of hydrogen-bond acceptors (Lipinski definition) is 1. The first-order valence-electron chi connectivity index (χ1n) is 4.10. The van der Waals surface area contributed by atoms with Crippen molar-refractivity contribution in [1.82, 2.24) is 0 Å². The van der Waals surface area contributed by atoms with Gasteiger partial charge in [0.15, 0.2) is 0 Å². The maximum atomic E-state index is 10.1. The van der Waals surface area contributed by atoms with Gasteiger partial charge in [-0.15, -0.1) is 6.58 Å². The lowest BCUT2D eigenvalue weighted by atomic mass is 10.2. The van der Waals surface area contributed by atoms with E-state index in [1.807, 2.05) is 6.08 Å². The van der Waals surface area contributed by atoms with Gasteiger partial charge in [0.2, 0.25) is 0 Å². The van der Waals surface area contributed by atoms with E-state index in [2.05, 4.69) is 6.58 Å². The van der Waals surface area contributed by atoms with Crippen molar-refractivity contribution < 1.29 is 9.90 Å². The smallest absolute Gasteiger partial charge is 0.303 e. The molecular weight excluding hydrogens is 141 g/mol. The molecule has 2 heteroatoms. The maximum Gasteiger partial charge on any atom is 0.303 e. The van der Waals surface area contributed by atoms with Crippen LogP contribution in [0.25, 0.3) is 0 Å². The Balaban J connectivity index is 2.90. The highest BCUT2D eigenvalue weighted by Gasteiger charge is 1.94. The standard InChI is InChI=1S/C9H16O2/c1-2-3-4-5-6-7-8-9(10)11/h2H,1,3-8H2,(H,10,11)/i4+1. The Morgan fingerprint density at radius 1 is 1.27 bits per heavy atom. The van der Waals surface area contributed by atoms with Crippen molar-refractivity contribution in [3.63, 3.8) is 0 Å². The number of carboxylic acid groups (broad SMARTS) is 1. The highest BCUT2D eigenvalue weighted by molar-refractivity contribution is 5.66. The van der Waals surface area contributed by atoms with E-state index >= 15 is 0 Å². The molecule has 0 aromatic heterocycles. The van der Waals surface area contributed by atoms with Gasteiger partial charge in [-0.1, -0.05) is 18.9 Å². The van der Waals surface area contributed by atoms with Crippen molar-refractivity contribution in [3.05, 3.63) is 12.7 Å². The van der Waals surface area contributed by atoms with Crippen LogP contribution in [0.1, 0.15) is 38.5 Å². The van der Waals surface area contributed by atoms with E-state index in [9.17, 15) is 4.79 Å². The molecule has 0 aliphatic heterocycles. The average Bonchev–Trinajstić information content (AvgIpc) is 1.96. The predicted octanol–water partition coefficient (Wildman–Crippen LogP) is 2.60. The Morgan fingerprint density at radius 2 is 1.91 bits per heavy atom. The van der Waals surface area contributed by atoms with Crippen molar-refractivity contribution in [3.8, 4) is 0 Å². The molecule has 0 aromatic carbocycles. The lowest BCUT2D eigenvalue weighted by molar-refractivity contribution is -0.137. The molecule has 11 heavy (non-hydrogen) atoms.